The standard InChI is InChI=1S/C13H26N2O2/c1-2-5-10(8-14)13(17)15-12-7-4-3-6-11(12)9-16/h10-12,16H,2-9,14H2,1H3,(H,15,17). The third kappa shape index (κ3) is 4.28. The summed E-state index contributed by atoms with van der Waals surface area (Å²) in [7, 11) is 0. The average molecular weight is 242 g/mol. The Labute approximate surface area is 104 Å². The predicted molar refractivity (Wildman–Crippen MR) is 68.4 cm³/mol. The lowest BCUT2D eigenvalue weighted by atomic mass is 9.84. The number of carbonyl (C=O) groups excluding carboxylic acids is 1. The molecule has 0 aromatic carbocycles. The van der Waals surface area contributed by atoms with Gasteiger partial charge >= 0.3 is 0 Å². The van der Waals surface area contributed by atoms with Crippen molar-refractivity contribution in [2.45, 2.75) is 51.5 Å². The Hall–Kier alpha value is -0.610. The van der Waals surface area contributed by atoms with E-state index in [1.165, 1.54) is 0 Å². The monoisotopic (exact) mass is 242 g/mol. The number of nitrogens with one attached hydrogen (secondary N) is 1. The maximum absolute atomic E-state index is 12.0. The first-order chi connectivity index (χ1) is 8.22. The number of amides is 1. The van der Waals surface area contributed by atoms with Crippen molar-refractivity contribution in [2.24, 2.45) is 17.6 Å². The minimum absolute atomic E-state index is 0.0683. The van der Waals surface area contributed by atoms with Crippen LogP contribution in [0.15, 0.2) is 0 Å². The van der Waals surface area contributed by atoms with Gasteiger partial charge < -0.3 is 16.2 Å². The Morgan fingerprint density at radius 1 is 1.47 bits per heavy atom. The summed E-state index contributed by atoms with van der Waals surface area (Å²) < 4.78 is 0. The van der Waals surface area contributed by atoms with Gasteiger partial charge in [-0.3, -0.25) is 4.79 Å². The molecule has 1 amide bonds. The smallest absolute Gasteiger partial charge is 0.224 e. The van der Waals surface area contributed by atoms with Crippen molar-refractivity contribution in [1.29, 1.82) is 0 Å². The highest BCUT2D eigenvalue weighted by molar-refractivity contribution is 5.79. The molecule has 0 spiro atoms. The van der Waals surface area contributed by atoms with Gasteiger partial charge in [0.15, 0.2) is 0 Å². The van der Waals surface area contributed by atoms with Crippen LogP contribution in [-0.4, -0.2) is 30.2 Å². The number of hydrogen-bond donors (Lipinski definition) is 3. The summed E-state index contributed by atoms with van der Waals surface area (Å²) in [5, 5.41) is 12.4. The van der Waals surface area contributed by atoms with E-state index in [0.717, 1.165) is 38.5 Å². The topological polar surface area (TPSA) is 75.4 Å². The minimum Gasteiger partial charge on any atom is -0.396 e. The molecule has 1 saturated carbocycles. The first-order valence-corrected chi connectivity index (χ1v) is 6.84. The van der Waals surface area contributed by atoms with Crippen molar-refractivity contribution in [1.82, 2.24) is 5.32 Å². The molecule has 0 bridgehead atoms. The molecule has 1 fully saturated rings. The lowest BCUT2D eigenvalue weighted by Gasteiger charge is -2.32. The van der Waals surface area contributed by atoms with Gasteiger partial charge in [-0.1, -0.05) is 26.2 Å². The molecular formula is C13H26N2O2. The quantitative estimate of drug-likeness (QED) is 0.651. The van der Waals surface area contributed by atoms with Crippen LogP contribution in [0.3, 0.4) is 0 Å². The maximum Gasteiger partial charge on any atom is 0.224 e. The zero-order valence-electron chi connectivity index (χ0n) is 10.8. The fourth-order valence-corrected chi connectivity index (χ4v) is 2.62. The van der Waals surface area contributed by atoms with Gasteiger partial charge in [-0.15, -0.1) is 0 Å². The highest BCUT2D eigenvalue weighted by Crippen LogP contribution is 2.24. The van der Waals surface area contributed by atoms with E-state index in [1.807, 2.05) is 0 Å². The van der Waals surface area contributed by atoms with Gasteiger partial charge in [-0.05, 0) is 19.3 Å². The molecule has 0 heterocycles. The van der Waals surface area contributed by atoms with Crippen molar-refractivity contribution in [3.63, 3.8) is 0 Å². The molecule has 4 N–H and O–H groups in total. The number of carbonyl (C=O) groups is 1. The molecular weight excluding hydrogens is 216 g/mol. The maximum atomic E-state index is 12.0. The van der Waals surface area contributed by atoms with E-state index in [9.17, 15) is 9.90 Å². The van der Waals surface area contributed by atoms with Gasteiger partial charge in [0.25, 0.3) is 0 Å². The summed E-state index contributed by atoms with van der Waals surface area (Å²) in [5.41, 5.74) is 5.62. The number of nitrogens with two attached hydrogens (primary N) is 1. The van der Waals surface area contributed by atoms with Crippen molar-refractivity contribution >= 4 is 5.91 Å². The SMILES string of the molecule is CCCC(CN)C(=O)NC1CCCCC1CO. The molecule has 17 heavy (non-hydrogen) atoms. The second kappa shape index (κ2) is 7.67. The van der Waals surface area contributed by atoms with Crippen LogP contribution in [0.4, 0.5) is 0 Å². The van der Waals surface area contributed by atoms with E-state index in [2.05, 4.69) is 12.2 Å². The van der Waals surface area contributed by atoms with Crippen molar-refractivity contribution in [3.05, 3.63) is 0 Å². The molecule has 1 rings (SSSR count). The van der Waals surface area contributed by atoms with Crippen LogP contribution in [0.1, 0.15) is 45.4 Å². The van der Waals surface area contributed by atoms with E-state index in [-0.39, 0.29) is 30.4 Å². The van der Waals surface area contributed by atoms with E-state index in [4.69, 9.17) is 5.73 Å². The second-order valence-corrected chi connectivity index (χ2v) is 5.06. The predicted octanol–water partition coefficient (Wildman–Crippen LogP) is 1.03. The number of hydrogen-bond acceptors (Lipinski definition) is 3. The third-order valence-corrected chi connectivity index (χ3v) is 3.76. The lowest BCUT2D eigenvalue weighted by molar-refractivity contribution is -0.126. The summed E-state index contributed by atoms with van der Waals surface area (Å²) in [6.45, 7) is 2.65. The Kier molecular flexibility index (Phi) is 6.52. The summed E-state index contributed by atoms with van der Waals surface area (Å²) in [6.07, 6.45) is 6.13. The highest BCUT2D eigenvalue weighted by Gasteiger charge is 2.27. The Morgan fingerprint density at radius 3 is 2.76 bits per heavy atom. The Balaban J connectivity index is 2.47. The number of aliphatic hydroxyl groups is 1. The van der Waals surface area contributed by atoms with Crippen LogP contribution < -0.4 is 11.1 Å². The van der Waals surface area contributed by atoms with Gasteiger partial charge in [-0.2, -0.15) is 0 Å². The van der Waals surface area contributed by atoms with E-state index in [1.54, 1.807) is 0 Å². The molecule has 0 aromatic rings. The molecule has 1 aliphatic carbocycles. The molecule has 0 radical (unpaired) electrons. The largest absolute Gasteiger partial charge is 0.396 e. The fourth-order valence-electron chi connectivity index (χ4n) is 2.62. The first-order valence-electron chi connectivity index (χ1n) is 6.84. The van der Waals surface area contributed by atoms with E-state index in [0.29, 0.717) is 6.54 Å². The van der Waals surface area contributed by atoms with E-state index < -0.39 is 0 Å². The molecule has 0 saturated heterocycles. The molecule has 4 nitrogen and oxygen atoms in total. The minimum atomic E-state index is -0.0683. The van der Waals surface area contributed by atoms with Crippen LogP contribution in [0.2, 0.25) is 0 Å². The van der Waals surface area contributed by atoms with Gasteiger partial charge in [-0.25, -0.2) is 0 Å². The van der Waals surface area contributed by atoms with Crippen LogP contribution in [0, 0.1) is 11.8 Å². The normalized spacial score (nSPS) is 26.5. The van der Waals surface area contributed by atoms with Crippen LogP contribution >= 0.6 is 0 Å². The zero-order chi connectivity index (χ0) is 12.7. The molecule has 3 atom stereocenters. The molecule has 0 aromatic heterocycles. The van der Waals surface area contributed by atoms with Gasteiger partial charge in [0.1, 0.15) is 0 Å². The Morgan fingerprint density at radius 2 is 2.18 bits per heavy atom. The van der Waals surface area contributed by atoms with Gasteiger partial charge in [0.05, 0.1) is 5.92 Å². The number of rotatable bonds is 6. The van der Waals surface area contributed by atoms with Crippen LogP contribution in [-0.2, 0) is 4.79 Å². The van der Waals surface area contributed by atoms with Crippen molar-refractivity contribution in [2.75, 3.05) is 13.2 Å². The van der Waals surface area contributed by atoms with Gasteiger partial charge in [0.2, 0.25) is 5.91 Å². The molecule has 4 heteroatoms. The summed E-state index contributed by atoms with van der Waals surface area (Å²) in [6, 6.07) is 0.146. The fraction of sp³-hybridized carbons (Fsp3) is 0.923. The van der Waals surface area contributed by atoms with Crippen LogP contribution in [0.25, 0.3) is 0 Å². The summed E-state index contributed by atoms with van der Waals surface area (Å²) in [4.78, 5) is 12.0. The third-order valence-electron chi connectivity index (χ3n) is 3.76. The number of aliphatic hydroxyl groups excluding tert-OH is 1. The zero-order valence-corrected chi connectivity index (χ0v) is 10.8. The molecule has 0 aliphatic heterocycles. The average Bonchev–Trinajstić information content (AvgIpc) is 2.36. The summed E-state index contributed by atoms with van der Waals surface area (Å²) >= 11 is 0. The van der Waals surface area contributed by atoms with Crippen molar-refractivity contribution in [3.8, 4) is 0 Å². The summed E-state index contributed by atoms with van der Waals surface area (Å²) in [5.74, 6) is 0.230. The molecule has 1 aliphatic rings. The van der Waals surface area contributed by atoms with Crippen molar-refractivity contribution < 1.29 is 9.90 Å². The molecule has 3 unspecified atom stereocenters. The highest BCUT2D eigenvalue weighted by atomic mass is 16.3. The van der Waals surface area contributed by atoms with Gasteiger partial charge in [0, 0.05) is 25.1 Å². The second-order valence-electron chi connectivity index (χ2n) is 5.06. The van der Waals surface area contributed by atoms with E-state index >= 15 is 0 Å². The Bertz CT molecular complexity index is 233. The van der Waals surface area contributed by atoms with Crippen LogP contribution in [0.5, 0.6) is 0 Å². The lowest BCUT2D eigenvalue weighted by Crippen LogP contribution is -2.47. The first kappa shape index (κ1) is 14.5. The molecule has 100 valence electrons.